The van der Waals surface area contributed by atoms with E-state index in [1.54, 1.807) is 48.5 Å². The van der Waals surface area contributed by atoms with E-state index in [1.807, 2.05) is 0 Å². The van der Waals surface area contributed by atoms with Crippen LogP contribution in [0.3, 0.4) is 0 Å². The molecule has 0 fully saturated rings. The van der Waals surface area contributed by atoms with E-state index in [4.69, 9.17) is 11.6 Å². The van der Waals surface area contributed by atoms with Crippen molar-refractivity contribution in [1.29, 1.82) is 0 Å². The fourth-order valence-corrected chi connectivity index (χ4v) is 3.77. The average molecular weight is 469 g/mol. The summed E-state index contributed by atoms with van der Waals surface area (Å²) in [6, 6.07) is 17.6. The molecule has 1 heterocycles. The molecule has 9 heteroatoms. The Morgan fingerprint density at radius 1 is 0.844 bits per heavy atom. The molecule has 0 saturated carbocycles. The SMILES string of the molecule is Fc1ccc(-c2cccc(C3CC(C(F)(F)C(F)(F)F)=NN3c3ccccc3Cl)c2)cc1. The molecule has 4 rings (SSSR count). The molecule has 1 aliphatic rings. The minimum absolute atomic E-state index is 0.160. The summed E-state index contributed by atoms with van der Waals surface area (Å²) in [6.07, 6.45) is -6.42. The zero-order chi connectivity index (χ0) is 23.1. The van der Waals surface area contributed by atoms with Gasteiger partial charge in [-0.15, -0.1) is 0 Å². The summed E-state index contributed by atoms with van der Waals surface area (Å²) >= 11 is 6.19. The van der Waals surface area contributed by atoms with Crippen molar-refractivity contribution in [1.82, 2.24) is 0 Å². The van der Waals surface area contributed by atoms with Gasteiger partial charge in [0.25, 0.3) is 0 Å². The molecule has 166 valence electrons. The highest BCUT2D eigenvalue weighted by atomic mass is 35.5. The van der Waals surface area contributed by atoms with Gasteiger partial charge in [0.15, 0.2) is 0 Å². The second kappa shape index (κ2) is 8.16. The molecule has 1 aliphatic heterocycles. The summed E-state index contributed by atoms with van der Waals surface area (Å²) in [5, 5.41) is 4.93. The molecule has 0 radical (unpaired) electrons. The lowest BCUT2D eigenvalue weighted by atomic mass is 9.95. The third-order valence-electron chi connectivity index (χ3n) is 5.18. The maximum atomic E-state index is 14.1. The van der Waals surface area contributed by atoms with Gasteiger partial charge in [-0.3, -0.25) is 5.01 Å². The molecule has 0 aromatic heterocycles. The molecule has 1 atom stereocenters. The van der Waals surface area contributed by atoms with Gasteiger partial charge >= 0.3 is 12.1 Å². The summed E-state index contributed by atoms with van der Waals surface area (Å²) in [7, 11) is 0. The molecule has 0 aliphatic carbocycles. The minimum atomic E-state index is -5.77. The number of hydrazone groups is 1. The van der Waals surface area contributed by atoms with Crippen molar-refractivity contribution in [3.8, 4) is 11.1 Å². The first-order valence-electron chi connectivity index (χ1n) is 9.50. The summed E-state index contributed by atoms with van der Waals surface area (Å²) in [4.78, 5) is 0. The molecule has 3 aromatic carbocycles. The van der Waals surface area contributed by atoms with Crippen molar-refractivity contribution in [2.45, 2.75) is 24.6 Å². The topological polar surface area (TPSA) is 15.6 Å². The van der Waals surface area contributed by atoms with E-state index >= 15 is 0 Å². The van der Waals surface area contributed by atoms with E-state index < -0.39 is 36.1 Å². The Hall–Kier alpha value is -3.00. The number of halogens is 7. The lowest BCUT2D eigenvalue weighted by molar-refractivity contribution is -0.249. The van der Waals surface area contributed by atoms with E-state index in [0.717, 1.165) is 5.01 Å². The van der Waals surface area contributed by atoms with E-state index in [9.17, 15) is 26.3 Å². The van der Waals surface area contributed by atoms with E-state index in [0.29, 0.717) is 16.7 Å². The highest BCUT2D eigenvalue weighted by Crippen LogP contribution is 2.46. The van der Waals surface area contributed by atoms with Crippen LogP contribution in [0.2, 0.25) is 5.02 Å². The second-order valence-electron chi connectivity index (χ2n) is 7.27. The van der Waals surface area contributed by atoms with Crippen LogP contribution in [-0.4, -0.2) is 17.8 Å². The van der Waals surface area contributed by atoms with Gasteiger partial charge in [-0.05, 0) is 47.0 Å². The smallest absolute Gasteiger partial charge is 0.256 e. The number of rotatable bonds is 4. The Kier molecular flexibility index (Phi) is 5.67. The fourth-order valence-electron chi connectivity index (χ4n) is 3.55. The van der Waals surface area contributed by atoms with Crippen molar-refractivity contribution in [3.05, 3.63) is 89.2 Å². The van der Waals surface area contributed by atoms with Crippen molar-refractivity contribution >= 4 is 23.0 Å². The van der Waals surface area contributed by atoms with E-state index in [-0.39, 0.29) is 10.7 Å². The van der Waals surface area contributed by atoms with Crippen molar-refractivity contribution in [2.24, 2.45) is 5.10 Å². The number of nitrogens with zero attached hydrogens (tertiary/aromatic N) is 2. The van der Waals surface area contributed by atoms with Gasteiger partial charge in [-0.2, -0.15) is 27.1 Å². The number of hydrogen-bond acceptors (Lipinski definition) is 2. The van der Waals surface area contributed by atoms with Crippen LogP contribution in [0.15, 0.2) is 77.9 Å². The summed E-state index contributed by atoms with van der Waals surface area (Å²) < 4.78 is 80.7. The van der Waals surface area contributed by atoms with Crippen LogP contribution in [-0.2, 0) is 0 Å². The zero-order valence-corrected chi connectivity index (χ0v) is 17.0. The van der Waals surface area contributed by atoms with E-state index in [1.165, 1.54) is 24.3 Å². The van der Waals surface area contributed by atoms with Crippen LogP contribution in [0, 0.1) is 5.82 Å². The third-order valence-corrected chi connectivity index (χ3v) is 5.50. The molecule has 1 unspecified atom stereocenters. The summed E-state index contributed by atoms with van der Waals surface area (Å²) in [5.74, 6) is -5.51. The van der Waals surface area contributed by atoms with E-state index in [2.05, 4.69) is 5.10 Å². The highest BCUT2D eigenvalue weighted by molar-refractivity contribution is 6.33. The van der Waals surface area contributed by atoms with Gasteiger partial charge in [-0.1, -0.05) is 54.1 Å². The first kappa shape index (κ1) is 22.2. The van der Waals surface area contributed by atoms with Crippen LogP contribution < -0.4 is 5.01 Å². The molecule has 0 N–H and O–H groups in total. The minimum Gasteiger partial charge on any atom is -0.256 e. The standard InChI is InChI=1S/C23H15ClF6N2/c24-18-6-1-2-7-19(18)32-20(13-21(31-32)22(26,27)23(28,29)30)16-5-3-4-15(12-16)14-8-10-17(25)11-9-14/h1-12,20H,13H2. The van der Waals surface area contributed by atoms with Crippen LogP contribution in [0.25, 0.3) is 11.1 Å². The molecule has 0 bridgehead atoms. The molecular weight excluding hydrogens is 454 g/mol. The third kappa shape index (κ3) is 4.07. The van der Waals surface area contributed by atoms with Gasteiger partial charge in [-0.25, -0.2) is 4.39 Å². The normalized spacial score (nSPS) is 16.9. The molecule has 0 saturated heterocycles. The number of anilines is 1. The van der Waals surface area contributed by atoms with Gasteiger partial charge < -0.3 is 0 Å². The number of alkyl halides is 5. The van der Waals surface area contributed by atoms with Crippen molar-refractivity contribution in [3.63, 3.8) is 0 Å². The lowest BCUT2D eigenvalue weighted by Gasteiger charge is -2.25. The number of benzene rings is 3. The summed E-state index contributed by atoms with van der Waals surface area (Å²) in [6.45, 7) is 0. The second-order valence-corrected chi connectivity index (χ2v) is 7.67. The van der Waals surface area contributed by atoms with Crippen molar-refractivity contribution < 1.29 is 26.3 Å². The highest BCUT2D eigenvalue weighted by Gasteiger charge is 2.62. The van der Waals surface area contributed by atoms with Gasteiger partial charge in [0, 0.05) is 6.42 Å². The Morgan fingerprint density at radius 3 is 2.19 bits per heavy atom. The lowest BCUT2D eigenvalue weighted by Crippen LogP contribution is -2.43. The maximum Gasteiger partial charge on any atom is 0.459 e. The largest absolute Gasteiger partial charge is 0.459 e. The monoisotopic (exact) mass is 468 g/mol. The van der Waals surface area contributed by atoms with Crippen LogP contribution in [0.5, 0.6) is 0 Å². The van der Waals surface area contributed by atoms with Gasteiger partial charge in [0.2, 0.25) is 0 Å². The number of hydrogen-bond donors (Lipinski definition) is 0. The Morgan fingerprint density at radius 2 is 1.53 bits per heavy atom. The molecule has 2 nitrogen and oxygen atoms in total. The molecule has 0 amide bonds. The Bertz CT molecular complexity index is 1160. The van der Waals surface area contributed by atoms with Crippen LogP contribution >= 0.6 is 11.6 Å². The van der Waals surface area contributed by atoms with Crippen LogP contribution in [0.1, 0.15) is 18.0 Å². The number of para-hydroxylation sites is 1. The first-order chi connectivity index (χ1) is 15.1. The predicted octanol–water partition coefficient (Wildman–Crippen LogP) is 7.65. The fraction of sp³-hybridized carbons (Fsp3) is 0.174. The zero-order valence-electron chi connectivity index (χ0n) is 16.3. The average Bonchev–Trinajstić information content (AvgIpc) is 3.20. The van der Waals surface area contributed by atoms with Gasteiger partial charge in [0.05, 0.1) is 16.8 Å². The molecule has 0 spiro atoms. The van der Waals surface area contributed by atoms with Crippen molar-refractivity contribution in [2.75, 3.05) is 5.01 Å². The quantitative estimate of drug-likeness (QED) is 0.359. The molecule has 3 aromatic rings. The Balaban J connectivity index is 1.78. The first-order valence-corrected chi connectivity index (χ1v) is 9.88. The molecule has 32 heavy (non-hydrogen) atoms. The van der Waals surface area contributed by atoms with Crippen LogP contribution in [0.4, 0.5) is 32.0 Å². The predicted molar refractivity (Wildman–Crippen MR) is 112 cm³/mol. The Labute approximate surface area is 184 Å². The summed E-state index contributed by atoms with van der Waals surface area (Å²) in [5.41, 5.74) is 0.694. The van der Waals surface area contributed by atoms with Gasteiger partial charge in [0.1, 0.15) is 11.5 Å². The maximum absolute atomic E-state index is 14.1. The molecular formula is C23H15ClF6N2.